The molecular weight excluding hydrogens is 841 g/mol. The van der Waals surface area contributed by atoms with Gasteiger partial charge in [0.15, 0.2) is 6.10 Å². The highest BCUT2D eigenvalue weighted by Gasteiger charge is 2.19. The summed E-state index contributed by atoms with van der Waals surface area (Å²) < 4.78 is 16.9. The molecule has 0 spiro atoms. The van der Waals surface area contributed by atoms with E-state index in [2.05, 4.69) is 34.6 Å². The summed E-state index contributed by atoms with van der Waals surface area (Å²) in [6.45, 7) is 11.5. The number of ether oxygens (including phenoxy) is 3. The van der Waals surface area contributed by atoms with Crippen molar-refractivity contribution in [2.45, 2.75) is 355 Å². The Morgan fingerprint density at radius 2 is 0.559 bits per heavy atom. The first kappa shape index (κ1) is 66.4. The summed E-state index contributed by atoms with van der Waals surface area (Å²) in [5, 5.41) is 0. The molecule has 0 heterocycles. The number of hydrogen-bond acceptors (Lipinski definition) is 6. The van der Waals surface area contributed by atoms with Gasteiger partial charge in [-0.1, -0.05) is 311 Å². The highest BCUT2D eigenvalue weighted by atomic mass is 16.6. The molecule has 6 heteroatoms. The van der Waals surface area contributed by atoms with Crippen molar-refractivity contribution < 1.29 is 28.6 Å². The molecule has 0 aliphatic rings. The van der Waals surface area contributed by atoms with Crippen molar-refractivity contribution in [1.29, 1.82) is 0 Å². The van der Waals surface area contributed by atoms with Crippen LogP contribution in [0.1, 0.15) is 349 Å². The summed E-state index contributed by atoms with van der Waals surface area (Å²) in [7, 11) is 0. The Morgan fingerprint density at radius 3 is 0.838 bits per heavy atom. The molecule has 0 bridgehead atoms. The Balaban J connectivity index is 4.26. The summed E-state index contributed by atoms with van der Waals surface area (Å²) in [6.07, 6.45) is 59.5. The van der Waals surface area contributed by atoms with Gasteiger partial charge in [-0.2, -0.15) is 0 Å². The van der Waals surface area contributed by atoms with E-state index in [1.807, 2.05) is 0 Å². The van der Waals surface area contributed by atoms with Gasteiger partial charge in [-0.3, -0.25) is 14.4 Å². The van der Waals surface area contributed by atoms with Gasteiger partial charge in [0.25, 0.3) is 0 Å². The minimum atomic E-state index is -0.763. The third-order valence-electron chi connectivity index (χ3n) is 14.6. The molecule has 0 aliphatic carbocycles. The third kappa shape index (κ3) is 53.8. The normalized spacial score (nSPS) is 12.4. The van der Waals surface area contributed by atoms with E-state index >= 15 is 0 Å². The Bertz CT molecular complexity index is 1040. The fourth-order valence-electron chi connectivity index (χ4n) is 9.55. The van der Waals surface area contributed by atoms with Crippen molar-refractivity contribution in [1.82, 2.24) is 0 Å². The summed E-state index contributed by atoms with van der Waals surface area (Å²) in [4.78, 5) is 38.2. The third-order valence-corrected chi connectivity index (χ3v) is 14.6. The van der Waals surface area contributed by atoms with Gasteiger partial charge in [-0.05, 0) is 31.1 Å². The van der Waals surface area contributed by atoms with Crippen LogP contribution in [0, 0.1) is 11.8 Å². The predicted molar refractivity (Wildman–Crippen MR) is 293 cm³/mol. The van der Waals surface area contributed by atoms with Gasteiger partial charge in [-0.25, -0.2) is 0 Å². The molecule has 0 aromatic rings. The van der Waals surface area contributed by atoms with Crippen molar-refractivity contribution in [2.75, 3.05) is 13.2 Å². The van der Waals surface area contributed by atoms with Crippen molar-refractivity contribution in [3.05, 3.63) is 0 Å². The van der Waals surface area contributed by atoms with Crippen molar-refractivity contribution in [3.8, 4) is 0 Å². The van der Waals surface area contributed by atoms with Gasteiger partial charge in [0.1, 0.15) is 13.2 Å². The number of esters is 3. The SMILES string of the molecule is CCCCCCCCCCCCCCCCCC(=O)O[C@H](COC(=O)CCCCCCCCCCCCCCCCCCCCC(C)C)COC(=O)CCCCCCCCCCCCC(C)CC. The Kier molecular flexibility index (Phi) is 53.5. The van der Waals surface area contributed by atoms with Gasteiger partial charge in [-0.15, -0.1) is 0 Å². The first-order chi connectivity index (χ1) is 33.3. The first-order valence-corrected chi connectivity index (χ1v) is 30.8. The van der Waals surface area contributed by atoms with Crippen LogP contribution in [-0.2, 0) is 28.6 Å². The predicted octanol–water partition coefficient (Wildman–Crippen LogP) is 20.4. The maximum atomic E-state index is 12.9. The van der Waals surface area contributed by atoms with Gasteiger partial charge >= 0.3 is 17.9 Å². The highest BCUT2D eigenvalue weighted by Crippen LogP contribution is 2.19. The Morgan fingerprint density at radius 1 is 0.309 bits per heavy atom. The van der Waals surface area contributed by atoms with Crippen LogP contribution < -0.4 is 0 Å². The van der Waals surface area contributed by atoms with Crippen LogP contribution in [-0.4, -0.2) is 37.2 Å². The van der Waals surface area contributed by atoms with Gasteiger partial charge < -0.3 is 14.2 Å². The largest absolute Gasteiger partial charge is 0.462 e. The number of rotatable bonds is 56. The lowest BCUT2D eigenvalue weighted by molar-refractivity contribution is -0.167. The van der Waals surface area contributed by atoms with E-state index in [0.29, 0.717) is 19.3 Å². The fourth-order valence-corrected chi connectivity index (χ4v) is 9.55. The lowest BCUT2D eigenvalue weighted by atomic mass is 9.99. The molecule has 6 nitrogen and oxygen atoms in total. The first-order valence-electron chi connectivity index (χ1n) is 30.8. The average molecular weight is 962 g/mol. The zero-order valence-corrected chi connectivity index (χ0v) is 46.7. The van der Waals surface area contributed by atoms with E-state index in [4.69, 9.17) is 14.2 Å². The summed E-state index contributed by atoms with van der Waals surface area (Å²) in [6, 6.07) is 0. The summed E-state index contributed by atoms with van der Waals surface area (Å²) in [5.74, 6) is 0.894. The van der Waals surface area contributed by atoms with Gasteiger partial charge in [0, 0.05) is 19.3 Å². The highest BCUT2D eigenvalue weighted by molar-refractivity contribution is 5.71. The maximum absolute atomic E-state index is 12.9. The van der Waals surface area contributed by atoms with E-state index in [1.54, 1.807) is 0 Å². The molecular formula is C62H120O6. The van der Waals surface area contributed by atoms with Crippen LogP contribution in [0.15, 0.2) is 0 Å². The minimum Gasteiger partial charge on any atom is -0.462 e. The van der Waals surface area contributed by atoms with Crippen LogP contribution in [0.5, 0.6) is 0 Å². The van der Waals surface area contributed by atoms with Gasteiger partial charge in [0.05, 0.1) is 0 Å². The molecule has 0 saturated carbocycles. The topological polar surface area (TPSA) is 78.9 Å². The fraction of sp³-hybridized carbons (Fsp3) is 0.952. The standard InChI is InChI=1S/C62H120O6/c1-6-8-9-10-11-12-13-14-19-24-27-34-39-44-49-54-62(65)68-59(56-67-61(64)53-48-43-38-33-29-28-31-36-41-46-51-58(5)7-2)55-66-60(63)52-47-42-37-32-26-23-21-18-16-15-17-20-22-25-30-35-40-45-50-57(3)4/h57-59H,6-56H2,1-5H3/t58?,59-/m1/s1. The van der Waals surface area contributed by atoms with Gasteiger partial charge in [0.2, 0.25) is 0 Å². The Hall–Kier alpha value is -1.59. The van der Waals surface area contributed by atoms with E-state index < -0.39 is 6.10 Å². The summed E-state index contributed by atoms with van der Waals surface area (Å²) in [5.41, 5.74) is 0. The lowest BCUT2D eigenvalue weighted by Gasteiger charge is -2.18. The van der Waals surface area contributed by atoms with E-state index in [1.165, 1.54) is 238 Å². The number of carbonyl (C=O) groups is 3. The van der Waals surface area contributed by atoms with Crippen molar-refractivity contribution in [2.24, 2.45) is 11.8 Å². The molecule has 404 valence electrons. The molecule has 0 amide bonds. The molecule has 0 saturated heterocycles. The molecule has 2 atom stereocenters. The molecule has 1 unspecified atom stereocenters. The zero-order valence-electron chi connectivity index (χ0n) is 46.7. The van der Waals surface area contributed by atoms with E-state index in [0.717, 1.165) is 69.6 Å². The second kappa shape index (κ2) is 54.7. The maximum Gasteiger partial charge on any atom is 0.306 e. The van der Waals surface area contributed by atoms with Crippen LogP contribution >= 0.6 is 0 Å². The molecule has 0 rings (SSSR count). The second-order valence-corrected chi connectivity index (χ2v) is 22.1. The molecule has 0 aliphatic heterocycles. The average Bonchev–Trinajstić information content (AvgIpc) is 3.32. The molecule has 68 heavy (non-hydrogen) atoms. The van der Waals surface area contributed by atoms with E-state index in [9.17, 15) is 14.4 Å². The van der Waals surface area contributed by atoms with E-state index in [-0.39, 0.29) is 31.1 Å². The smallest absolute Gasteiger partial charge is 0.306 e. The van der Waals surface area contributed by atoms with Crippen LogP contribution in [0.4, 0.5) is 0 Å². The second-order valence-electron chi connectivity index (χ2n) is 22.1. The minimum absolute atomic E-state index is 0.0623. The quantitative estimate of drug-likeness (QED) is 0.0343. The summed E-state index contributed by atoms with van der Waals surface area (Å²) >= 11 is 0. The Labute approximate surface area is 425 Å². The molecule has 0 N–H and O–H groups in total. The van der Waals surface area contributed by atoms with Crippen LogP contribution in [0.2, 0.25) is 0 Å². The molecule has 0 fully saturated rings. The lowest BCUT2D eigenvalue weighted by Crippen LogP contribution is -2.30. The monoisotopic (exact) mass is 961 g/mol. The zero-order chi connectivity index (χ0) is 49.6. The number of carbonyl (C=O) groups excluding carboxylic acids is 3. The number of hydrogen-bond donors (Lipinski definition) is 0. The molecule has 0 aromatic carbocycles. The van der Waals surface area contributed by atoms with Crippen molar-refractivity contribution in [3.63, 3.8) is 0 Å². The number of unbranched alkanes of at least 4 members (excludes halogenated alkanes) is 40. The van der Waals surface area contributed by atoms with Crippen LogP contribution in [0.3, 0.4) is 0 Å². The van der Waals surface area contributed by atoms with Crippen molar-refractivity contribution >= 4 is 17.9 Å². The molecule has 0 aromatic heterocycles. The van der Waals surface area contributed by atoms with Crippen LogP contribution in [0.25, 0.3) is 0 Å². The molecule has 0 radical (unpaired) electrons.